The molecule has 0 spiro atoms. The van der Waals surface area contributed by atoms with Gasteiger partial charge in [0.25, 0.3) is 5.91 Å². The zero-order valence-electron chi connectivity index (χ0n) is 22.1. The van der Waals surface area contributed by atoms with E-state index in [1.165, 1.54) is 7.11 Å². The summed E-state index contributed by atoms with van der Waals surface area (Å²) in [5.41, 5.74) is 1.45. The van der Waals surface area contributed by atoms with Crippen LogP contribution in [-0.4, -0.2) is 92.2 Å². The van der Waals surface area contributed by atoms with Crippen LogP contribution in [0.5, 0.6) is 5.75 Å². The molecule has 0 saturated carbocycles. The van der Waals surface area contributed by atoms with E-state index in [1.807, 2.05) is 32.0 Å². The first kappa shape index (κ1) is 28.1. The first-order valence-corrected chi connectivity index (χ1v) is 12.3. The van der Waals surface area contributed by atoms with Gasteiger partial charge in [-0.2, -0.15) is 0 Å². The molecule has 0 aliphatic carbocycles. The molecular weight excluding hydrogens is 476 g/mol. The fraction of sp³-hybridized carbons (Fsp3) is 0.481. The van der Waals surface area contributed by atoms with Crippen molar-refractivity contribution in [2.24, 2.45) is 5.92 Å². The van der Waals surface area contributed by atoms with Crippen molar-refractivity contribution in [3.05, 3.63) is 53.9 Å². The first-order chi connectivity index (χ1) is 17.7. The van der Waals surface area contributed by atoms with Crippen LogP contribution in [0, 0.1) is 5.92 Å². The summed E-state index contributed by atoms with van der Waals surface area (Å²) in [6.45, 7) is 4.75. The molecule has 0 bridgehead atoms. The molecule has 1 N–H and O–H groups in total. The van der Waals surface area contributed by atoms with Crippen molar-refractivity contribution in [1.29, 1.82) is 0 Å². The maximum Gasteiger partial charge on any atom is 0.257 e. The van der Waals surface area contributed by atoms with Gasteiger partial charge in [-0.1, -0.05) is 13.0 Å². The quantitative estimate of drug-likeness (QED) is 0.632. The van der Waals surface area contributed by atoms with Crippen molar-refractivity contribution in [3.63, 3.8) is 0 Å². The van der Waals surface area contributed by atoms with E-state index < -0.39 is 0 Å². The second kappa shape index (κ2) is 13.2. The third-order valence-corrected chi connectivity index (χ3v) is 6.38. The second-order valence-corrected chi connectivity index (χ2v) is 9.33. The molecule has 1 aromatic carbocycles. The molecule has 0 radical (unpaired) electrons. The highest BCUT2D eigenvalue weighted by molar-refractivity contribution is 5.99. The highest BCUT2D eigenvalue weighted by atomic mass is 16.5. The van der Waals surface area contributed by atoms with Crippen LogP contribution in [0.1, 0.15) is 29.9 Å². The van der Waals surface area contributed by atoms with Gasteiger partial charge >= 0.3 is 0 Å². The highest BCUT2D eigenvalue weighted by Crippen LogP contribution is 2.26. The van der Waals surface area contributed by atoms with Crippen molar-refractivity contribution in [2.45, 2.75) is 32.4 Å². The maximum absolute atomic E-state index is 13.4. The number of ether oxygens (including phenoxy) is 3. The molecule has 0 unspecified atom stereocenters. The van der Waals surface area contributed by atoms with Crippen LogP contribution in [0.3, 0.4) is 0 Å². The van der Waals surface area contributed by atoms with Crippen molar-refractivity contribution in [2.75, 3.05) is 52.9 Å². The number of fused-ring (bicyclic) bond motifs is 1. The van der Waals surface area contributed by atoms with Crippen LogP contribution in [0.15, 0.2) is 42.6 Å². The Hall–Kier alpha value is -3.50. The number of pyridine rings is 1. The molecule has 2 aromatic rings. The SMILES string of the molecule is COCC(=O)Nc1ccc2c(c1)C(=O)N(C)C[C@@H](OC)[C@@H](C)CN(C(=O)Cc1ccccn1)[C@@H](C)CO2. The Kier molecular flexibility index (Phi) is 9.99. The highest BCUT2D eigenvalue weighted by Gasteiger charge is 2.30. The Labute approximate surface area is 217 Å². The van der Waals surface area contributed by atoms with Crippen molar-refractivity contribution >= 4 is 23.4 Å². The summed E-state index contributed by atoms with van der Waals surface area (Å²) in [5.74, 6) is -0.346. The van der Waals surface area contributed by atoms with Crippen molar-refractivity contribution < 1.29 is 28.6 Å². The lowest BCUT2D eigenvalue weighted by Crippen LogP contribution is -2.49. The van der Waals surface area contributed by atoms with E-state index in [0.29, 0.717) is 35.8 Å². The fourth-order valence-corrected chi connectivity index (χ4v) is 4.29. The first-order valence-electron chi connectivity index (χ1n) is 12.3. The molecular formula is C27H36N4O6. The van der Waals surface area contributed by atoms with Crippen molar-refractivity contribution in [3.8, 4) is 5.75 Å². The Morgan fingerprint density at radius 1 is 1.16 bits per heavy atom. The van der Waals surface area contributed by atoms with E-state index >= 15 is 0 Å². The minimum Gasteiger partial charge on any atom is -0.491 e. The molecule has 1 aliphatic heterocycles. The van der Waals surface area contributed by atoms with Gasteiger partial charge in [0.05, 0.1) is 24.1 Å². The third kappa shape index (κ3) is 7.50. The van der Waals surface area contributed by atoms with Crippen LogP contribution in [0.2, 0.25) is 0 Å². The molecule has 0 saturated heterocycles. The summed E-state index contributed by atoms with van der Waals surface area (Å²) in [5, 5.41) is 2.72. The number of nitrogens with one attached hydrogen (secondary N) is 1. The van der Waals surface area contributed by atoms with Crippen LogP contribution >= 0.6 is 0 Å². The number of likely N-dealkylation sites (N-methyl/N-ethyl adjacent to an activating group) is 1. The lowest BCUT2D eigenvalue weighted by atomic mass is 10.0. The Balaban J connectivity index is 1.92. The summed E-state index contributed by atoms with van der Waals surface area (Å²) in [6.07, 6.45) is 1.54. The summed E-state index contributed by atoms with van der Waals surface area (Å²) in [6, 6.07) is 10.1. The molecule has 3 atom stereocenters. The number of carbonyl (C=O) groups is 3. The molecule has 200 valence electrons. The zero-order valence-corrected chi connectivity index (χ0v) is 22.1. The minimum atomic E-state index is -0.332. The summed E-state index contributed by atoms with van der Waals surface area (Å²) < 4.78 is 16.7. The average molecular weight is 513 g/mol. The molecule has 1 aromatic heterocycles. The number of carbonyl (C=O) groups excluding carboxylic acids is 3. The fourth-order valence-electron chi connectivity index (χ4n) is 4.29. The lowest BCUT2D eigenvalue weighted by Gasteiger charge is -2.36. The Bertz CT molecular complexity index is 1080. The number of methoxy groups -OCH3 is 2. The van der Waals surface area contributed by atoms with Crippen LogP contribution in [-0.2, 0) is 25.5 Å². The number of benzene rings is 1. The number of hydrogen-bond acceptors (Lipinski definition) is 7. The van der Waals surface area contributed by atoms with Crippen molar-refractivity contribution in [1.82, 2.24) is 14.8 Å². The molecule has 37 heavy (non-hydrogen) atoms. The van der Waals surface area contributed by atoms with E-state index in [2.05, 4.69) is 10.3 Å². The maximum atomic E-state index is 13.4. The van der Waals surface area contributed by atoms with Gasteiger partial charge in [-0.05, 0) is 37.3 Å². The number of rotatable bonds is 6. The Morgan fingerprint density at radius 3 is 2.62 bits per heavy atom. The van der Waals surface area contributed by atoms with Gasteiger partial charge < -0.3 is 29.3 Å². The smallest absolute Gasteiger partial charge is 0.257 e. The van der Waals surface area contributed by atoms with Crippen LogP contribution < -0.4 is 10.1 Å². The monoisotopic (exact) mass is 512 g/mol. The number of anilines is 1. The number of aromatic nitrogens is 1. The molecule has 3 rings (SSSR count). The molecule has 1 aliphatic rings. The van der Waals surface area contributed by atoms with E-state index in [9.17, 15) is 14.4 Å². The van der Waals surface area contributed by atoms with E-state index in [1.54, 1.807) is 48.4 Å². The van der Waals surface area contributed by atoms with Crippen LogP contribution in [0.4, 0.5) is 5.69 Å². The van der Waals surface area contributed by atoms with E-state index in [4.69, 9.17) is 14.2 Å². The number of hydrogen-bond donors (Lipinski definition) is 1. The Morgan fingerprint density at radius 2 is 1.95 bits per heavy atom. The molecule has 0 fully saturated rings. The number of nitrogens with zero attached hydrogens (tertiary/aromatic N) is 3. The van der Waals surface area contributed by atoms with Gasteiger partial charge in [-0.15, -0.1) is 0 Å². The van der Waals surface area contributed by atoms with E-state index in [-0.39, 0.29) is 55.4 Å². The van der Waals surface area contributed by atoms with Gasteiger partial charge in [0.1, 0.15) is 19.0 Å². The molecule has 3 amide bonds. The second-order valence-electron chi connectivity index (χ2n) is 9.33. The molecule has 10 heteroatoms. The standard InChI is InChI=1S/C27H36N4O6/c1-18-14-31(26(33)13-20-8-6-7-11-28-20)19(2)16-37-23-10-9-21(29-25(32)17-35-4)12-22(23)27(34)30(3)15-24(18)36-5/h6-12,18-19,24H,13-17H2,1-5H3,(H,29,32)/t18-,19-,24+/m0/s1. The zero-order chi connectivity index (χ0) is 26.9. The van der Waals surface area contributed by atoms with Crippen LogP contribution in [0.25, 0.3) is 0 Å². The summed E-state index contributed by atoms with van der Waals surface area (Å²) >= 11 is 0. The minimum absolute atomic E-state index is 0.0607. The van der Waals surface area contributed by atoms with E-state index in [0.717, 1.165) is 0 Å². The third-order valence-electron chi connectivity index (χ3n) is 6.38. The summed E-state index contributed by atoms with van der Waals surface area (Å²) in [7, 11) is 4.73. The van der Waals surface area contributed by atoms with Gasteiger partial charge in [0, 0.05) is 57.9 Å². The predicted octanol–water partition coefficient (Wildman–Crippen LogP) is 2.24. The largest absolute Gasteiger partial charge is 0.491 e. The lowest BCUT2D eigenvalue weighted by molar-refractivity contribution is -0.134. The molecule has 2 heterocycles. The predicted molar refractivity (Wildman–Crippen MR) is 138 cm³/mol. The average Bonchev–Trinajstić information content (AvgIpc) is 2.88. The summed E-state index contributed by atoms with van der Waals surface area (Å²) in [4.78, 5) is 46.5. The normalized spacial score (nSPS) is 20.8. The van der Waals surface area contributed by atoms with Gasteiger partial charge in [0.2, 0.25) is 11.8 Å². The topological polar surface area (TPSA) is 110 Å². The van der Waals surface area contributed by atoms with Gasteiger partial charge in [-0.3, -0.25) is 19.4 Å². The molecule has 10 nitrogen and oxygen atoms in total. The van der Waals surface area contributed by atoms with Gasteiger partial charge in [-0.25, -0.2) is 0 Å². The number of amides is 3. The van der Waals surface area contributed by atoms with Gasteiger partial charge in [0.15, 0.2) is 0 Å².